The third kappa shape index (κ3) is 3.77. The van der Waals surface area contributed by atoms with Gasteiger partial charge in [0, 0.05) is 16.3 Å². The summed E-state index contributed by atoms with van der Waals surface area (Å²) in [5.41, 5.74) is 6.22. The van der Waals surface area contributed by atoms with E-state index in [1.807, 2.05) is 25.1 Å². The number of thiophene rings is 1. The van der Waals surface area contributed by atoms with Crippen molar-refractivity contribution in [3.05, 3.63) is 39.8 Å². The van der Waals surface area contributed by atoms with Crippen molar-refractivity contribution in [3.8, 4) is 16.2 Å². The van der Waals surface area contributed by atoms with Gasteiger partial charge in [-0.3, -0.25) is 11.3 Å². The first-order chi connectivity index (χ1) is 12.3. The van der Waals surface area contributed by atoms with Crippen LogP contribution < -0.4 is 16.0 Å². The predicted molar refractivity (Wildman–Crippen MR) is 105 cm³/mol. The van der Waals surface area contributed by atoms with Crippen LogP contribution in [0.25, 0.3) is 10.4 Å². The summed E-state index contributed by atoms with van der Waals surface area (Å²) in [7, 11) is 0. The number of nitrogens with one attached hydrogen (secondary N) is 1. The molecule has 1 aromatic carbocycles. The second-order valence-electron chi connectivity index (χ2n) is 7.63. The van der Waals surface area contributed by atoms with E-state index in [-0.39, 0.29) is 5.41 Å². The zero-order valence-corrected chi connectivity index (χ0v) is 16.3. The molecule has 1 aliphatic carbocycles. The van der Waals surface area contributed by atoms with Crippen molar-refractivity contribution >= 4 is 17.3 Å². The molecule has 2 aromatic rings. The zero-order chi connectivity index (χ0) is 18.9. The summed E-state index contributed by atoms with van der Waals surface area (Å²) in [5, 5.41) is 9.89. The number of nitrogens with two attached hydrogens (primary N) is 1. The summed E-state index contributed by atoms with van der Waals surface area (Å²) in [6, 6.07) is 5.82. The fourth-order valence-corrected chi connectivity index (χ4v) is 4.94. The van der Waals surface area contributed by atoms with Crippen molar-refractivity contribution in [2.45, 2.75) is 40.0 Å². The Balaban J connectivity index is 1.99. The Hall–Kier alpha value is -1.89. The lowest BCUT2D eigenvalue weighted by atomic mass is 9.76. The number of aryl methyl sites for hydroxylation is 2. The van der Waals surface area contributed by atoms with Crippen LogP contribution in [0.15, 0.2) is 18.2 Å². The van der Waals surface area contributed by atoms with Crippen molar-refractivity contribution in [2.75, 3.05) is 13.2 Å². The lowest BCUT2D eigenvalue weighted by Gasteiger charge is -2.29. The third-order valence-corrected chi connectivity index (χ3v) is 6.27. The molecule has 4 N–H and O–H groups in total. The second kappa shape index (κ2) is 7.39. The van der Waals surface area contributed by atoms with Gasteiger partial charge >= 0.3 is 5.97 Å². The fourth-order valence-electron chi connectivity index (χ4n) is 3.54. The second-order valence-corrected chi connectivity index (χ2v) is 8.74. The van der Waals surface area contributed by atoms with E-state index in [1.54, 1.807) is 11.3 Å². The Morgan fingerprint density at radius 1 is 1.42 bits per heavy atom. The highest BCUT2D eigenvalue weighted by molar-refractivity contribution is 7.16. The van der Waals surface area contributed by atoms with E-state index in [1.165, 1.54) is 4.88 Å². The minimum Gasteiger partial charge on any atom is -0.492 e. The van der Waals surface area contributed by atoms with E-state index in [9.17, 15) is 9.90 Å². The smallest absolute Gasteiger partial charge is 0.337 e. The lowest BCUT2D eigenvalue weighted by Crippen LogP contribution is -2.27. The Morgan fingerprint density at radius 3 is 2.85 bits per heavy atom. The average Bonchev–Trinajstić information content (AvgIpc) is 2.92. The van der Waals surface area contributed by atoms with Gasteiger partial charge < -0.3 is 9.84 Å². The van der Waals surface area contributed by atoms with Gasteiger partial charge in [-0.25, -0.2) is 4.79 Å². The zero-order valence-electron chi connectivity index (χ0n) is 15.5. The number of rotatable bonds is 6. The number of ether oxygens (including phenoxy) is 1. The monoisotopic (exact) mass is 374 g/mol. The van der Waals surface area contributed by atoms with Gasteiger partial charge in [-0.05, 0) is 66.5 Å². The van der Waals surface area contributed by atoms with Gasteiger partial charge in [-0.2, -0.15) is 0 Å². The van der Waals surface area contributed by atoms with E-state index < -0.39 is 5.97 Å². The van der Waals surface area contributed by atoms with Crippen LogP contribution in [0.5, 0.6) is 5.75 Å². The Labute approximate surface area is 158 Å². The Morgan fingerprint density at radius 2 is 2.19 bits per heavy atom. The van der Waals surface area contributed by atoms with Crippen molar-refractivity contribution < 1.29 is 14.6 Å². The SMILES string of the molecule is Cc1cc(OCCNN)ccc1-c1sc2c(c1C(=O)O)CC(C)(C)CC2. The molecule has 0 aliphatic heterocycles. The molecule has 0 spiro atoms. The van der Waals surface area contributed by atoms with Gasteiger partial charge in [0.05, 0.1) is 5.56 Å². The van der Waals surface area contributed by atoms with E-state index in [4.69, 9.17) is 10.6 Å². The standard InChI is InChI=1S/C20H26N2O3S/c1-12-10-13(25-9-8-22-21)4-5-14(12)18-17(19(23)24)15-11-20(2,3)7-6-16(15)26-18/h4-5,10,22H,6-9,11,21H2,1-3H3,(H,23,24). The summed E-state index contributed by atoms with van der Waals surface area (Å²) in [6.45, 7) is 7.48. The molecule has 1 heterocycles. The molecule has 0 atom stereocenters. The maximum absolute atomic E-state index is 12.1. The van der Waals surface area contributed by atoms with Crippen LogP contribution in [0, 0.1) is 12.3 Å². The molecule has 0 amide bonds. The van der Waals surface area contributed by atoms with Crippen LogP contribution in [0.1, 0.15) is 46.6 Å². The fraction of sp³-hybridized carbons (Fsp3) is 0.450. The quantitative estimate of drug-likeness (QED) is 0.407. The maximum Gasteiger partial charge on any atom is 0.337 e. The van der Waals surface area contributed by atoms with Crippen molar-refractivity contribution in [1.82, 2.24) is 5.43 Å². The number of hydrogen-bond donors (Lipinski definition) is 3. The third-order valence-electron chi connectivity index (χ3n) is 4.95. The first kappa shape index (κ1) is 18.9. The molecule has 5 nitrogen and oxygen atoms in total. The summed E-state index contributed by atoms with van der Waals surface area (Å²) in [6.07, 6.45) is 2.88. The molecular formula is C20H26N2O3S. The van der Waals surface area contributed by atoms with Crippen LogP contribution >= 0.6 is 11.3 Å². The molecule has 0 unspecified atom stereocenters. The number of hydrogen-bond acceptors (Lipinski definition) is 5. The molecule has 0 bridgehead atoms. The molecule has 1 aliphatic rings. The molecular weight excluding hydrogens is 348 g/mol. The predicted octanol–water partition coefficient (Wildman–Crippen LogP) is 3.78. The Kier molecular flexibility index (Phi) is 5.37. The molecule has 0 radical (unpaired) electrons. The van der Waals surface area contributed by atoms with Gasteiger partial charge in [0.15, 0.2) is 0 Å². The molecule has 6 heteroatoms. The van der Waals surface area contributed by atoms with Crippen molar-refractivity contribution in [3.63, 3.8) is 0 Å². The Bertz CT molecular complexity index is 827. The summed E-state index contributed by atoms with van der Waals surface area (Å²) >= 11 is 1.64. The molecule has 26 heavy (non-hydrogen) atoms. The molecule has 1 aromatic heterocycles. The average molecular weight is 375 g/mol. The van der Waals surface area contributed by atoms with Crippen molar-refractivity contribution in [1.29, 1.82) is 0 Å². The minimum absolute atomic E-state index is 0.152. The molecule has 3 rings (SSSR count). The van der Waals surface area contributed by atoms with Gasteiger partial charge in [0.2, 0.25) is 0 Å². The number of carboxylic acid groups (broad SMARTS) is 1. The van der Waals surface area contributed by atoms with Gasteiger partial charge in [-0.1, -0.05) is 13.8 Å². The molecule has 0 saturated carbocycles. The topological polar surface area (TPSA) is 84.6 Å². The highest BCUT2D eigenvalue weighted by Gasteiger charge is 2.33. The highest BCUT2D eigenvalue weighted by Crippen LogP contribution is 2.45. The molecule has 140 valence electrons. The number of benzene rings is 1. The first-order valence-corrected chi connectivity index (χ1v) is 9.69. The largest absolute Gasteiger partial charge is 0.492 e. The number of hydrazine groups is 1. The van der Waals surface area contributed by atoms with E-state index in [0.29, 0.717) is 18.7 Å². The number of fused-ring (bicyclic) bond motifs is 1. The minimum atomic E-state index is -0.830. The lowest BCUT2D eigenvalue weighted by molar-refractivity contribution is 0.0696. The van der Waals surface area contributed by atoms with Gasteiger partial charge in [0.1, 0.15) is 12.4 Å². The summed E-state index contributed by atoms with van der Waals surface area (Å²) in [5.74, 6) is 5.19. The summed E-state index contributed by atoms with van der Waals surface area (Å²) in [4.78, 5) is 14.2. The van der Waals surface area contributed by atoms with Crippen LogP contribution in [0.2, 0.25) is 0 Å². The van der Waals surface area contributed by atoms with E-state index in [2.05, 4.69) is 19.3 Å². The van der Waals surface area contributed by atoms with Crippen LogP contribution in [-0.4, -0.2) is 24.2 Å². The maximum atomic E-state index is 12.1. The molecule has 0 saturated heterocycles. The van der Waals surface area contributed by atoms with Gasteiger partial charge in [-0.15, -0.1) is 11.3 Å². The van der Waals surface area contributed by atoms with Crippen LogP contribution in [0.4, 0.5) is 0 Å². The number of aromatic carboxylic acids is 1. The van der Waals surface area contributed by atoms with Crippen molar-refractivity contribution in [2.24, 2.45) is 11.3 Å². The normalized spacial score (nSPS) is 15.5. The van der Waals surface area contributed by atoms with Gasteiger partial charge in [0.25, 0.3) is 0 Å². The molecule has 0 fully saturated rings. The van der Waals surface area contributed by atoms with Crippen LogP contribution in [-0.2, 0) is 12.8 Å². The van der Waals surface area contributed by atoms with E-state index >= 15 is 0 Å². The number of carbonyl (C=O) groups is 1. The van der Waals surface area contributed by atoms with E-state index in [0.717, 1.165) is 46.6 Å². The summed E-state index contributed by atoms with van der Waals surface area (Å²) < 4.78 is 5.65. The first-order valence-electron chi connectivity index (χ1n) is 8.87. The highest BCUT2D eigenvalue weighted by atomic mass is 32.1. The number of carboxylic acids is 1. The van der Waals surface area contributed by atoms with Crippen LogP contribution in [0.3, 0.4) is 0 Å².